The van der Waals surface area contributed by atoms with Crippen LogP contribution in [0.15, 0.2) is 0 Å². The molecule has 78 valence electrons. The summed E-state index contributed by atoms with van der Waals surface area (Å²) in [6.45, 7) is 3.89. The van der Waals surface area contributed by atoms with Gasteiger partial charge in [-0.05, 0) is 6.92 Å². The van der Waals surface area contributed by atoms with Gasteiger partial charge in [0, 0.05) is 0 Å². The summed E-state index contributed by atoms with van der Waals surface area (Å²) >= 11 is 0. The van der Waals surface area contributed by atoms with Crippen molar-refractivity contribution < 1.29 is 26.7 Å². The third-order valence-corrected chi connectivity index (χ3v) is 1.20. The molecule has 0 radical (unpaired) electrons. The van der Waals surface area contributed by atoms with E-state index in [9.17, 15) is 17.3 Å². The summed E-state index contributed by atoms with van der Waals surface area (Å²) in [6.07, 6.45) is 0.139. The molecule has 13 heavy (non-hydrogen) atoms. The highest BCUT2D eigenvalue weighted by molar-refractivity contribution is 6.50. The molecule has 0 aliphatic carbocycles. The molecule has 8 heteroatoms. The average Bonchev–Trinajstić information content (AvgIpc) is 2.05. The first-order valence-electron chi connectivity index (χ1n) is 3.57. The molecule has 1 aliphatic heterocycles. The second-order valence-corrected chi connectivity index (χ2v) is 2.46. The molecule has 3 nitrogen and oxygen atoms in total. The number of ether oxygens (including phenoxy) is 1. The normalized spacial score (nSPS) is 21.6. The van der Waals surface area contributed by atoms with Crippen LogP contribution in [0.1, 0.15) is 13.8 Å². The lowest BCUT2D eigenvalue weighted by Gasteiger charge is -1.94. The van der Waals surface area contributed by atoms with Crippen LogP contribution in [-0.4, -0.2) is 31.1 Å². The highest BCUT2D eigenvalue weighted by atomic mass is 19.5. The molecule has 1 unspecified atom stereocenters. The number of halogens is 4. The Morgan fingerprint density at radius 2 is 1.77 bits per heavy atom. The van der Waals surface area contributed by atoms with Crippen LogP contribution in [0.5, 0.6) is 0 Å². The Hall–Kier alpha value is -0.945. The van der Waals surface area contributed by atoms with E-state index >= 15 is 0 Å². The Kier molecular flexibility index (Phi) is 4.02. The molecule has 1 rings (SSSR count). The number of nitrogens with one attached hydrogen (secondary N) is 1. The largest absolute Gasteiger partial charge is 0.673 e. The van der Waals surface area contributed by atoms with Gasteiger partial charge < -0.3 is 22.0 Å². The second kappa shape index (κ2) is 4.34. The lowest BCUT2D eigenvalue weighted by molar-refractivity contribution is -0.555. The van der Waals surface area contributed by atoms with Gasteiger partial charge >= 0.3 is 13.2 Å². The Bertz CT molecular complexity index is 185. The Morgan fingerprint density at radius 1 is 1.38 bits per heavy atom. The maximum Gasteiger partial charge on any atom is 0.673 e. The van der Waals surface area contributed by atoms with Crippen molar-refractivity contribution in [1.29, 1.82) is 0 Å². The smallest absolute Gasteiger partial charge is 0.418 e. The maximum absolute atomic E-state index is 9.75. The van der Waals surface area contributed by atoms with E-state index < -0.39 is 7.25 Å². The molecule has 0 amide bonds. The standard InChI is InChI=1S/C5H11N2O.BF4/c1-4-6-7(3)5(2)8-4;2-1(3,4)5/h4,6H,1-3H3;/q+1;-1. The van der Waals surface area contributed by atoms with E-state index in [1.54, 1.807) is 0 Å². The van der Waals surface area contributed by atoms with E-state index in [4.69, 9.17) is 4.74 Å². The van der Waals surface area contributed by atoms with Crippen molar-refractivity contribution in [1.82, 2.24) is 5.43 Å². The van der Waals surface area contributed by atoms with Crippen molar-refractivity contribution in [2.24, 2.45) is 0 Å². The number of hydrogen-bond acceptors (Lipinski definition) is 2. The van der Waals surface area contributed by atoms with Crippen LogP contribution in [0, 0.1) is 0 Å². The van der Waals surface area contributed by atoms with Crippen LogP contribution in [0.2, 0.25) is 0 Å². The predicted molar refractivity (Wildman–Crippen MR) is 40.7 cm³/mol. The van der Waals surface area contributed by atoms with Gasteiger partial charge in [-0.2, -0.15) is 5.43 Å². The summed E-state index contributed by atoms with van der Waals surface area (Å²) in [5.41, 5.74) is 3.04. The second-order valence-electron chi connectivity index (χ2n) is 2.46. The molecule has 0 spiro atoms. The van der Waals surface area contributed by atoms with Crippen LogP contribution in [0.4, 0.5) is 17.3 Å². The zero-order chi connectivity index (χ0) is 10.6. The van der Waals surface area contributed by atoms with Gasteiger partial charge in [0.1, 0.15) is 0 Å². The van der Waals surface area contributed by atoms with Crippen molar-refractivity contribution in [2.75, 3.05) is 7.05 Å². The molecule has 0 aromatic heterocycles. The van der Waals surface area contributed by atoms with Gasteiger partial charge in [-0.1, -0.05) is 4.68 Å². The fraction of sp³-hybridized carbons (Fsp3) is 0.800. The summed E-state index contributed by atoms with van der Waals surface area (Å²) in [5, 5.41) is 0. The van der Waals surface area contributed by atoms with Crippen molar-refractivity contribution >= 4 is 13.2 Å². The van der Waals surface area contributed by atoms with Gasteiger partial charge in [-0.15, -0.1) is 0 Å². The van der Waals surface area contributed by atoms with Gasteiger partial charge in [0.25, 0.3) is 0 Å². The summed E-state index contributed by atoms with van der Waals surface area (Å²) < 4.78 is 46.1. The van der Waals surface area contributed by atoms with Gasteiger partial charge in [0.05, 0.1) is 6.92 Å². The number of hydrazine groups is 1. The molecule has 1 atom stereocenters. The van der Waals surface area contributed by atoms with Crippen LogP contribution in [0.25, 0.3) is 0 Å². The molecule has 1 heterocycles. The lowest BCUT2D eigenvalue weighted by Crippen LogP contribution is -2.26. The molecule has 0 saturated heterocycles. The van der Waals surface area contributed by atoms with Gasteiger partial charge in [0.2, 0.25) is 6.23 Å². The van der Waals surface area contributed by atoms with Crippen LogP contribution in [-0.2, 0) is 4.74 Å². The van der Waals surface area contributed by atoms with Crippen molar-refractivity contribution in [3.05, 3.63) is 0 Å². The van der Waals surface area contributed by atoms with Crippen molar-refractivity contribution in [3.63, 3.8) is 0 Å². The van der Waals surface area contributed by atoms with Crippen LogP contribution < -0.4 is 5.43 Å². The minimum atomic E-state index is -6.00. The quantitative estimate of drug-likeness (QED) is 0.363. The van der Waals surface area contributed by atoms with E-state index in [-0.39, 0.29) is 6.23 Å². The maximum atomic E-state index is 9.75. The molecule has 1 N–H and O–H groups in total. The fourth-order valence-electron chi connectivity index (χ4n) is 0.725. The Balaban J connectivity index is 0.000000252. The number of hydrogen-bond donors (Lipinski definition) is 1. The molecular weight excluding hydrogens is 191 g/mol. The summed E-state index contributed by atoms with van der Waals surface area (Å²) in [7, 11) is -4.07. The van der Waals surface area contributed by atoms with E-state index in [0.29, 0.717) is 0 Å². The molecule has 0 saturated carbocycles. The van der Waals surface area contributed by atoms with Crippen LogP contribution >= 0.6 is 0 Å². The first kappa shape index (κ1) is 12.1. The number of rotatable bonds is 0. The van der Waals surface area contributed by atoms with Gasteiger partial charge in [-0.3, -0.25) is 0 Å². The zero-order valence-electron chi connectivity index (χ0n) is 7.52. The average molecular weight is 202 g/mol. The fourth-order valence-corrected chi connectivity index (χ4v) is 0.725. The molecule has 0 aromatic carbocycles. The van der Waals surface area contributed by atoms with E-state index in [2.05, 4.69) is 5.43 Å². The summed E-state index contributed by atoms with van der Waals surface area (Å²) in [4.78, 5) is 0. The summed E-state index contributed by atoms with van der Waals surface area (Å²) in [6, 6.07) is 0. The Morgan fingerprint density at radius 3 is 1.85 bits per heavy atom. The molecular formula is C5H11BF4N2O. The van der Waals surface area contributed by atoms with E-state index in [1.807, 2.05) is 25.6 Å². The number of nitrogens with zero attached hydrogens (tertiary/aromatic N) is 1. The van der Waals surface area contributed by atoms with Crippen molar-refractivity contribution in [2.45, 2.75) is 20.1 Å². The molecule has 1 aliphatic rings. The lowest BCUT2D eigenvalue weighted by atomic mass is 10.3. The van der Waals surface area contributed by atoms with E-state index in [0.717, 1.165) is 5.90 Å². The Labute approximate surface area is 73.5 Å². The third kappa shape index (κ3) is 7.42. The minimum Gasteiger partial charge on any atom is -0.418 e. The first-order chi connectivity index (χ1) is 5.70. The minimum absolute atomic E-state index is 0.139. The highest BCUT2D eigenvalue weighted by Crippen LogP contribution is 2.06. The topological polar surface area (TPSA) is 24.3 Å². The first-order valence-corrected chi connectivity index (χ1v) is 3.57. The summed E-state index contributed by atoms with van der Waals surface area (Å²) in [5.74, 6) is 0.928. The molecule has 0 aromatic rings. The van der Waals surface area contributed by atoms with E-state index in [1.165, 1.54) is 0 Å². The zero-order valence-corrected chi connectivity index (χ0v) is 7.52. The predicted octanol–water partition coefficient (Wildman–Crippen LogP) is 1.23. The van der Waals surface area contributed by atoms with Crippen LogP contribution in [0.3, 0.4) is 0 Å². The van der Waals surface area contributed by atoms with Gasteiger partial charge in [-0.25, -0.2) is 0 Å². The SMILES string of the molecule is CC1=[N+](C)NC(C)O1.F[B-](F)(F)F. The molecule has 0 bridgehead atoms. The molecule has 0 fully saturated rings. The third-order valence-electron chi connectivity index (χ3n) is 1.20. The van der Waals surface area contributed by atoms with Crippen molar-refractivity contribution in [3.8, 4) is 0 Å². The highest BCUT2D eigenvalue weighted by Gasteiger charge is 2.21. The van der Waals surface area contributed by atoms with Gasteiger partial charge in [0.15, 0.2) is 7.05 Å². The monoisotopic (exact) mass is 202 g/mol. The number of hydrazone groups is 1.